The van der Waals surface area contributed by atoms with Gasteiger partial charge in [0.25, 0.3) is 0 Å². The average molecular weight is 277 g/mol. The van der Waals surface area contributed by atoms with Gasteiger partial charge in [0, 0.05) is 31.1 Å². The molecule has 0 unspecified atom stereocenters. The average Bonchev–Trinajstić information content (AvgIpc) is 2.37. The molecule has 6 heteroatoms. The second-order valence-corrected chi connectivity index (χ2v) is 6.12. The van der Waals surface area contributed by atoms with E-state index in [4.69, 9.17) is 4.98 Å². The number of carbonyl (C=O) groups excluding carboxylic acids is 1. The van der Waals surface area contributed by atoms with Crippen molar-refractivity contribution in [1.82, 2.24) is 15.3 Å². The van der Waals surface area contributed by atoms with Gasteiger partial charge in [-0.05, 0) is 6.92 Å². The molecule has 0 spiro atoms. The molecule has 1 amide bonds. The second kappa shape index (κ2) is 5.26. The van der Waals surface area contributed by atoms with Crippen LogP contribution in [0.3, 0.4) is 0 Å². The van der Waals surface area contributed by atoms with Crippen molar-refractivity contribution in [2.75, 3.05) is 36.9 Å². The highest BCUT2D eigenvalue weighted by molar-refractivity contribution is 5.82. The first kappa shape index (κ1) is 14.6. The van der Waals surface area contributed by atoms with Gasteiger partial charge in [-0.25, -0.2) is 9.97 Å². The van der Waals surface area contributed by atoms with Crippen LogP contribution >= 0.6 is 0 Å². The van der Waals surface area contributed by atoms with E-state index in [1.807, 2.05) is 18.9 Å². The van der Waals surface area contributed by atoms with E-state index in [2.05, 4.69) is 36.4 Å². The number of nitrogens with one attached hydrogen (secondary N) is 2. The number of carbonyl (C=O) groups is 1. The number of rotatable bonds is 2. The summed E-state index contributed by atoms with van der Waals surface area (Å²) in [5, 5.41) is 5.96. The topological polar surface area (TPSA) is 70.2 Å². The van der Waals surface area contributed by atoms with Gasteiger partial charge in [-0.2, -0.15) is 0 Å². The van der Waals surface area contributed by atoms with Crippen molar-refractivity contribution in [3.63, 3.8) is 0 Å². The highest BCUT2D eigenvalue weighted by Gasteiger charge is 2.25. The quantitative estimate of drug-likeness (QED) is 0.846. The molecule has 1 fully saturated rings. The first-order chi connectivity index (χ1) is 9.32. The fourth-order valence-corrected chi connectivity index (χ4v) is 2.21. The van der Waals surface area contributed by atoms with Crippen LogP contribution in [0, 0.1) is 6.92 Å². The third-order valence-electron chi connectivity index (χ3n) is 3.37. The molecule has 1 aromatic heterocycles. The third-order valence-corrected chi connectivity index (χ3v) is 3.37. The highest BCUT2D eigenvalue weighted by Crippen LogP contribution is 2.28. The van der Waals surface area contributed by atoms with Gasteiger partial charge in [0.05, 0.1) is 6.54 Å². The molecule has 0 aliphatic carbocycles. The van der Waals surface area contributed by atoms with Crippen LogP contribution in [0.5, 0.6) is 0 Å². The van der Waals surface area contributed by atoms with Crippen LogP contribution in [0.15, 0.2) is 0 Å². The SMILES string of the molecule is CNc1nc(C(C)(C)C)nc(N2CCNC(=O)C2)c1C. The molecule has 2 N–H and O–H groups in total. The van der Waals surface area contributed by atoms with E-state index in [1.54, 1.807) is 0 Å². The maximum atomic E-state index is 11.6. The van der Waals surface area contributed by atoms with Crippen LogP contribution in [0.4, 0.5) is 11.6 Å². The van der Waals surface area contributed by atoms with Crippen molar-refractivity contribution in [2.45, 2.75) is 33.1 Å². The Morgan fingerprint density at radius 2 is 2.00 bits per heavy atom. The zero-order valence-corrected chi connectivity index (χ0v) is 12.9. The van der Waals surface area contributed by atoms with E-state index in [9.17, 15) is 4.79 Å². The van der Waals surface area contributed by atoms with Crippen LogP contribution in [-0.4, -0.2) is 42.6 Å². The van der Waals surface area contributed by atoms with Gasteiger partial charge < -0.3 is 15.5 Å². The maximum Gasteiger partial charge on any atom is 0.239 e. The minimum atomic E-state index is -0.133. The Morgan fingerprint density at radius 3 is 2.55 bits per heavy atom. The van der Waals surface area contributed by atoms with Crippen molar-refractivity contribution >= 4 is 17.5 Å². The molecule has 0 bridgehead atoms. The van der Waals surface area contributed by atoms with Gasteiger partial charge in [-0.3, -0.25) is 4.79 Å². The summed E-state index contributed by atoms with van der Waals surface area (Å²) in [6.07, 6.45) is 0. The maximum absolute atomic E-state index is 11.6. The number of aromatic nitrogens is 2. The van der Waals surface area contributed by atoms with E-state index in [1.165, 1.54) is 0 Å². The molecule has 2 heterocycles. The minimum Gasteiger partial charge on any atom is -0.373 e. The van der Waals surface area contributed by atoms with Crippen LogP contribution in [-0.2, 0) is 10.2 Å². The van der Waals surface area contributed by atoms with Gasteiger partial charge in [-0.1, -0.05) is 20.8 Å². The Labute approximate surface area is 120 Å². The fourth-order valence-electron chi connectivity index (χ4n) is 2.21. The van der Waals surface area contributed by atoms with Gasteiger partial charge in [0.2, 0.25) is 5.91 Å². The van der Waals surface area contributed by atoms with E-state index in [0.717, 1.165) is 29.6 Å². The molecule has 0 radical (unpaired) electrons. The van der Waals surface area contributed by atoms with E-state index < -0.39 is 0 Å². The molecule has 2 rings (SSSR count). The number of piperazine rings is 1. The summed E-state index contributed by atoms with van der Waals surface area (Å²) in [5.41, 5.74) is 0.849. The first-order valence-corrected chi connectivity index (χ1v) is 6.91. The number of nitrogens with zero attached hydrogens (tertiary/aromatic N) is 3. The molecular formula is C14H23N5O. The predicted octanol–water partition coefficient (Wildman–Crippen LogP) is 1.06. The van der Waals surface area contributed by atoms with Crippen molar-refractivity contribution < 1.29 is 4.79 Å². The monoisotopic (exact) mass is 277 g/mol. The Kier molecular flexibility index (Phi) is 3.83. The van der Waals surface area contributed by atoms with Crippen molar-refractivity contribution in [1.29, 1.82) is 0 Å². The number of hydrogen-bond donors (Lipinski definition) is 2. The summed E-state index contributed by atoms with van der Waals surface area (Å²) in [6, 6.07) is 0. The summed E-state index contributed by atoms with van der Waals surface area (Å²) >= 11 is 0. The normalized spacial score (nSPS) is 16.1. The van der Waals surface area contributed by atoms with Crippen LogP contribution in [0.25, 0.3) is 0 Å². The minimum absolute atomic E-state index is 0.0394. The molecule has 1 aromatic rings. The zero-order chi connectivity index (χ0) is 14.9. The lowest BCUT2D eigenvalue weighted by molar-refractivity contribution is -0.120. The molecule has 1 aliphatic heterocycles. The Hall–Kier alpha value is -1.85. The number of anilines is 2. The summed E-state index contributed by atoms with van der Waals surface area (Å²) < 4.78 is 0. The summed E-state index contributed by atoms with van der Waals surface area (Å²) in [4.78, 5) is 22.9. The van der Waals surface area contributed by atoms with Crippen LogP contribution in [0.2, 0.25) is 0 Å². The highest BCUT2D eigenvalue weighted by atomic mass is 16.2. The van der Waals surface area contributed by atoms with Crippen molar-refractivity contribution in [3.8, 4) is 0 Å². The predicted molar refractivity (Wildman–Crippen MR) is 80.2 cm³/mol. The second-order valence-electron chi connectivity index (χ2n) is 6.12. The first-order valence-electron chi connectivity index (χ1n) is 6.91. The van der Waals surface area contributed by atoms with Gasteiger partial charge in [-0.15, -0.1) is 0 Å². The molecular weight excluding hydrogens is 254 g/mol. The lowest BCUT2D eigenvalue weighted by Gasteiger charge is -2.30. The smallest absolute Gasteiger partial charge is 0.239 e. The Bertz CT molecular complexity index is 521. The Morgan fingerprint density at radius 1 is 1.30 bits per heavy atom. The van der Waals surface area contributed by atoms with Gasteiger partial charge in [0.15, 0.2) is 0 Å². The van der Waals surface area contributed by atoms with E-state index >= 15 is 0 Å². The molecule has 1 saturated heterocycles. The summed E-state index contributed by atoms with van der Waals surface area (Å²) in [7, 11) is 1.86. The fraction of sp³-hybridized carbons (Fsp3) is 0.643. The third kappa shape index (κ3) is 2.84. The van der Waals surface area contributed by atoms with E-state index in [-0.39, 0.29) is 11.3 Å². The number of amides is 1. The molecule has 0 atom stereocenters. The lowest BCUT2D eigenvalue weighted by atomic mass is 9.95. The molecule has 110 valence electrons. The van der Waals surface area contributed by atoms with Crippen molar-refractivity contribution in [3.05, 3.63) is 11.4 Å². The lowest BCUT2D eigenvalue weighted by Crippen LogP contribution is -2.48. The van der Waals surface area contributed by atoms with Gasteiger partial charge >= 0.3 is 0 Å². The summed E-state index contributed by atoms with van der Waals surface area (Å²) in [5.74, 6) is 2.50. The van der Waals surface area contributed by atoms with E-state index in [0.29, 0.717) is 13.1 Å². The Balaban J connectivity index is 2.47. The van der Waals surface area contributed by atoms with Crippen molar-refractivity contribution in [2.24, 2.45) is 0 Å². The molecule has 1 aliphatic rings. The van der Waals surface area contributed by atoms with Gasteiger partial charge in [0.1, 0.15) is 17.5 Å². The molecule has 0 aromatic carbocycles. The zero-order valence-electron chi connectivity index (χ0n) is 12.9. The molecule has 6 nitrogen and oxygen atoms in total. The number of hydrogen-bond acceptors (Lipinski definition) is 5. The molecule has 0 saturated carbocycles. The standard InChI is InChI=1S/C14H23N5O/c1-9-11(15-5)17-13(14(2,3)4)18-12(9)19-7-6-16-10(20)8-19/h6-8H2,1-5H3,(H,16,20)(H,15,17,18). The summed E-state index contributed by atoms with van der Waals surface area (Å²) in [6.45, 7) is 10.0. The largest absolute Gasteiger partial charge is 0.373 e. The van der Waals surface area contributed by atoms with Crippen LogP contribution < -0.4 is 15.5 Å². The molecule has 20 heavy (non-hydrogen) atoms. The van der Waals surface area contributed by atoms with Crippen LogP contribution in [0.1, 0.15) is 32.2 Å².